The van der Waals surface area contributed by atoms with Crippen LogP contribution >= 0.6 is 0 Å². The fraction of sp³-hybridized carbons (Fsp3) is 0.250. The van der Waals surface area contributed by atoms with Crippen molar-refractivity contribution >= 4 is 34.2 Å². The second-order valence-electron chi connectivity index (χ2n) is 9.44. The highest BCUT2D eigenvalue weighted by atomic mass is 16.2. The van der Waals surface area contributed by atoms with Crippen molar-refractivity contribution in [3.63, 3.8) is 0 Å². The van der Waals surface area contributed by atoms with Crippen LogP contribution in [0.3, 0.4) is 0 Å². The van der Waals surface area contributed by atoms with Crippen molar-refractivity contribution in [1.29, 1.82) is 0 Å². The summed E-state index contributed by atoms with van der Waals surface area (Å²) in [6, 6.07) is 16.2. The number of para-hydroxylation sites is 1. The summed E-state index contributed by atoms with van der Waals surface area (Å²) in [5, 5.41) is 2.92. The number of aromatic nitrogens is 3. The van der Waals surface area contributed by atoms with Crippen molar-refractivity contribution in [1.82, 2.24) is 14.5 Å². The Morgan fingerprint density at radius 3 is 2.57 bits per heavy atom. The lowest BCUT2D eigenvalue weighted by Crippen LogP contribution is -2.32. The van der Waals surface area contributed by atoms with Crippen molar-refractivity contribution in [2.75, 3.05) is 16.8 Å². The maximum atomic E-state index is 13.4. The third-order valence-corrected chi connectivity index (χ3v) is 7.05. The fourth-order valence-electron chi connectivity index (χ4n) is 4.95. The van der Waals surface area contributed by atoms with Gasteiger partial charge in [0.1, 0.15) is 0 Å². The molecule has 186 valence electrons. The van der Waals surface area contributed by atoms with Gasteiger partial charge in [0.05, 0.1) is 10.9 Å². The molecule has 1 saturated carbocycles. The van der Waals surface area contributed by atoms with Crippen molar-refractivity contribution in [3.05, 3.63) is 97.8 Å². The summed E-state index contributed by atoms with van der Waals surface area (Å²) in [6.45, 7) is 2.73. The van der Waals surface area contributed by atoms with Crippen LogP contribution in [0.5, 0.6) is 0 Å². The number of nitrogens with one attached hydrogen (secondary N) is 2. The second-order valence-corrected chi connectivity index (χ2v) is 9.44. The number of hydrogen-bond acceptors (Lipinski definition) is 5. The number of H-pyrrole nitrogens is 1. The molecule has 1 fully saturated rings. The molecule has 0 unspecified atom stereocenters. The highest BCUT2D eigenvalue weighted by molar-refractivity contribution is 6.12. The Kier molecular flexibility index (Phi) is 5.48. The average molecular weight is 496 g/mol. The van der Waals surface area contributed by atoms with Gasteiger partial charge in [0.2, 0.25) is 0 Å². The lowest BCUT2D eigenvalue weighted by atomic mass is 10.1. The normalized spacial score (nSPS) is 14.6. The molecule has 2 amide bonds. The van der Waals surface area contributed by atoms with E-state index in [-0.39, 0.29) is 28.4 Å². The van der Waals surface area contributed by atoms with Gasteiger partial charge in [-0.25, -0.2) is 9.78 Å². The molecular formula is C28H25N5O4. The van der Waals surface area contributed by atoms with Gasteiger partial charge in [-0.2, -0.15) is 0 Å². The number of aromatic amines is 1. The summed E-state index contributed by atoms with van der Waals surface area (Å²) in [7, 11) is 0. The molecule has 1 aliphatic heterocycles. The number of aryl methyl sites for hydroxylation is 1. The highest BCUT2D eigenvalue weighted by Gasteiger charge is 2.29. The quantitative estimate of drug-likeness (QED) is 0.440. The molecule has 2 aromatic heterocycles. The first-order valence-corrected chi connectivity index (χ1v) is 12.4. The van der Waals surface area contributed by atoms with Gasteiger partial charge in [-0.05, 0) is 68.1 Å². The Hall–Kier alpha value is -4.53. The van der Waals surface area contributed by atoms with Crippen LogP contribution in [0.15, 0.2) is 64.2 Å². The van der Waals surface area contributed by atoms with Crippen molar-refractivity contribution < 1.29 is 9.59 Å². The van der Waals surface area contributed by atoms with Gasteiger partial charge in [0.25, 0.3) is 17.4 Å². The largest absolute Gasteiger partial charge is 0.329 e. The summed E-state index contributed by atoms with van der Waals surface area (Å²) in [5.41, 5.74) is 2.99. The molecule has 6 rings (SSSR count). The number of anilines is 2. The minimum atomic E-state index is -0.642. The first-order chi connectivity index (χ1) is 17.9. The van der Waals surface area contributed by atoms with Crippen LogP contribution in [0.2, 0.25) is 0 Å². The Morgan fingerprint density at radius 2 is 1.84 bits per heavy atom. The number of amides is 2. The van der Waals surface area contributed by atoms with Gasteiger partial charge in [0, 0.05) is 41.6 Å². The number of carbonyl (C=O) groups is 2. The van der Waals surface area contributed by atoms with Gasteiger partial charge in [-0.1, -0.05) is 18.2 Å². The molecule has 0 atom stereocenters. The second kappa shape index (κ2) is 8.85. The van der Waals surface area contributed by atoms with E-state index in [2.05, 4.69) is 15.3 Å². The Labute approximate surface area is 211 Å². The first-order valence-electron chi connectivity index (χ1n) is 12.4. The minimum absolute atomic E-state index is 0.0860. The van der Waals surface area contributed by atoms with E-state index in [9.17, 15) is 19.2 Å². The zero-order valence-electron chi connectivity index (χ0n) is 20.3. The molecule has 0 spiro atoms. The van der Waals surface area contributed by atoms with Crippen LogP contribution in [-0.2, 0) is 13.0 Å². The molecule has 0 saturated heterocycles. The van der Waals surface area contributed by atoms with E-state index in [1.165, 1.54) is 4.57 Å². The number of benzene rings is 2. The predicted molar refractivity (Wildman–Crippen MR) is 140 cm³/mol. The zero-order valence-corrected chi connectivity index (χ0v) is 20.3. The van der Waals surface area contributed by atoms with Gasteiger partial charge in [-0.15, -0.1) is 0 Å². The van der Waals surface area contributed by atoms with E-state index in [4.69, 9.17) is 0 Å². The summed E-state index contributed by atoms with van der Waals surface area (Å²) < 4.78 is 1.37. The summed E-state index contributed by atoms with van der Waals surface area (Å²) in [4.78, 5) is 60.2. The van der Waals surface area contributed by atoms with Crippen molar-refractivity contribution in [2.45, 2.75) is 38.6 Å². The number of rotatable bonds is 5. The molecule has 9 heteroatoms. The standard InChI is InChI=1S/C28H25N5O4/c1-2-32-24-23(26(35)31-28(32)37)20(15-21(30-24)16-7-8-16)25(34)29-19-11-9-18(10-12-19)27(36)33-14-13-17-5-3-4-6-22(17)33/h3-6,9-12,15-16H,2,7-8,13-14H2,1H3,(H,29,34)(H,31,35,37). The van der Waals surface area contributed by atoms with Crippen LogP contribution in [0.25, 0.3) is 11.0 Å². The van der Waals surface area contributed by atoms with Crippen LogP contribution in [0.4, 0.5) is 11.4 Å². The number of pyridine rings is 1. The molecular weight excluding hydrogens is 470 g/mol. The van der Waals surface area contributed by atoms with Gasteiger partial charge in [-0.3, -0.25) is 23.9 Å². The molecule has 2 aliphatic rings. The molecule has 2 aromatic carbocycles. The van der Waals surface area contributed by atoms with E-state index in [0.29, 0.717) is 30.0 Å². The highest BCUT2D eigenvalue weighted by Crippen LogP contribution is 2.40. The summed E-state index contributed by atoms with van der Waals surface area (Å²) in [5.74, 6) is -0.355. The Bertz CT molecular complexity index is 1680. The number of nitrogens with zero attached hydrogens (tertiary/aromatic N) is 3. The third kappa shape index (κ3) is 4.02. The van der Waals surface area contributed by atoms with Crippen molar-refractivity contribution in [2.24, 2.45) is 0 Å². The van der Waals surface area contributed by atoms with E-state index in [1.54, 1.807) is 42.2 Å². The minimum Gasteiger partial charge on any atom is -0.322 e. The fourth-order valence-corrected chi connectivity index (χ4v) is 4.95. The van der Waals surface area contributed by atoms with Gasteiger partial charge in [0.15, 0.2) is 5.65 Å². The van der Waals surface area contributed by atoms with Crippen LogP contribution < -0.4 is 21.5 Å². The Balaban J connectivity index is 1.30. The zero-order chi connectivity index (χ0) is 25.7. The van der Waals surface area contributed by atoms with E-state index in [1.807, 2.05) is 24.3 Å². The van der Waals surface area contributed by atoms with Crippen LogP contribution in [-0.4, -0.2) is 32.9 Å². The van der Waals surface area contributed by atoms with Gasteiger partial charge < -0.3 is 10.2 Å². The molecule has 3 heterocycles. The lowest BCUT2D eigenvalue weighted by Gasteiger charge is -2.17. The van der Waals surface area contributed by atoms with E-state index in [0.717, 1.165) is 30.5 Å². The molecule has 2 N–H and O–H groups in total. The van der Waals surface area contributed by atoms with E-state index >= 15 is 0 Å². The maximum absolute atomic E-state index is 13.4. The molecule has 37 heavy (non-hydrogen) atoms. The molecule has 9 nitrogen and oxygen atoms in total. The first kappa shape index (κ1) is 22.9. The third-order valence-electron chi connectivity index (χ3n) is 7.05. The average Bonchev–Trinajstić information content (AvgIpc) is 3.67. The van der Waals surface area contributed by atoms with E-state index < -0.39 is 17.2 Å². The monoisotopic (exact) mass is 495 g/mol. The van der Waals surface area contributed by atoms with Crippen molar-refractivity contribution in [3.8, 4) is 0 Å². The molecule has 1 aliphatic carbocycles. The Morgan fingerprint density at radius 1 is 1.08 bits per heavy atom. The summed E-state index contributed by atoms with van der Waals surface area (Å²) >= 11 is 0. The van der Waals surface area contributed by atoms with Gasteiger partial charge >= 0.3 is 5.69 Å². The summed E-state index contributed by atoms with van der Waals surface area (Å²) in [6.07, 6.45) is 2.73. The number of fused-ring (bicyclic) bond motifs is 2. The topological polar surface area (TPSA) is 117 Å². The smallest absolute Gasteiger partial charge is 0.322 e. The SMILES string of the molecule is CCn1c(=O)[nH]c(=O)c2c(C(=O)Nc3ccc(C(=O)N4CCc5ccccc54)cc3)cc(C3CC3)nc21. The molecule has 0 bridgehead atoms. The number of hydrogen-bond donors (Lipinski definition) is 2. The van der Waals surface area contributed by atoms with Crippen LogP contribution in [0.1, 0.15) is 57.7 Å². The predicted octanol–water partition coefficient (Wildman–Crippen LogP) is 3.44. The molecule has 0 radical (unpaired) electrons. The molecule has 4 aromatic rings. The number of carbonyl (C=O) groups excluding carboxylic acids is 2. The van der Waals surface area contributed by atoms with Crippen LogP contribution in [0, 0.1) is 0 Å². The maximum Gasteiger partial charge on any atom is 0.329 e. The lowest BCUT2D eigenvalue weighted by molar-refractivity contribution is 0.0988.